The summed E-state index contributed by atoms with van der Waals surface area (Å²) in [6.07, 6.45) is 2.32. The fourth-order valence-corrected chi connectivity index (χ4v) is 2.06. The van der Waals surface area contributed by atoms with Crippen molar-refractivity contribution in [1.29, 1.82) is 0 Å². The summed E-state index contributed by atoms with van der Waals surface area (Å²) in [7, 11) is 0. The summed E-state index contributed by atoms with van der Waals surface area (Å²) in [5, 5.41) is 0. The SMILES string of the molecule is CCC(N)Cc1cc(C)c(OCCCF)c(C)c1. The average molecular weight is 253 g/mol. The highest BCUT2D eigenvalue weighted by Crippen LogP contribution is 2.25. The number of hydrogen-bond acceptors (Lipinski definition) is 2. The van der Waals surface area contributed by atoms with Crippen LogP contribution in [0, 0.1) is 13.8 Å². The molecular formula is C15H24FNO. The van der Waals surface area contributed by atoms with Gasteiger partial charge >= 0.3 is 0 Å². The zero-order chi connectivity index (χ0) is 13.5. The second-order valence-electron chi connectivity index (χ2n) is 4.82. The lowest BCUT2D eigenvalue weighted by Crippen LogP contribution is -2.21. The Morgan fingerprint density at radius 1 is 1.28 bits per heavy atom. The number of alkyl halides is 1. The normalized spacial score (nSPS) is 12.5. The second-order valence-corrected chi connectivity index (χ2v) is 4.82. The van der Waals surface area contributed by atoms with Gasteiger partial charge in [-0.25, -0.2) is 0 Å². The molecule has 0 aliphatic heterocycles. The van der Waals surface area contributed by atoms with Crippen molar-refractivity contribution < 1.29 is 9.13 Å². The smallest absolute Gasteiger partial charge is 0.125 e. The standard InChI is InChI=1S/C15H24FNO/c1-4-14(17)10-13-8-11(2)15(12(3)9-13)18-7-5-6-16/h8-9,14H,4-7,10,17H2,1-3H3. The number of nitrogens with two attached hydrogens (primary N) is 1. The van der Waals surface area contributed by atoms with Crippen LogP contribution in [-0.4, -0.2) is 19.3 Å². The van der Waals surface area contributed by atoms with E-state index >= 15 is 0 Å². The van der Waals surface area contributed by atoms with Gasteiger partial charge in [0.15, 0.2) is 0 Å². The van der Waals surface area contributed by atoms with E-state index in [-0.39, 0.29) is 12.7 Å². The van der Waals surface area contributed by atoms with Gasteiger partial charge in [-0.05, 0) is 43.4 Å². The number of hydrogen-bond donors (Lipinski definition) is 1. The van der Waals surface area contributed by atoms with Crippen LogP contribution in [0.1, 0.15) is 36.5 Å². The molecule has 102 valence electrons. The van der Waals surface area contributed by atoms with Gasteiger partial charge in [0, 0.05) is 12.5 Å². The van der Waals surface area contributed by atoms with Crippen molar-refractivity contribution in [3.05, 3.63) is 28.8 Å². The Kier molecular flexibility index (Phi) is 6.13. The maximum atomic E-state index is 12.0. The van der Waals surface area contributed by atoms with Crippen molar-refractivity contribution in [2.45, 2.75) is 46.1 Å². The fourth-order valence-electron chi connectivity index (χ4n) is 2.06. The largest absolute Gasteiger partial charge is 0.493 e. The molecule has 0 aromatic heterocycles. The monoisotopic (exact) mass is 253 g/mol. The first-order valence-corrected chi connectivity index (χ1v) is 6.63. The maximum Gasteiger partial charge on any atom is 0.125 e. The number of halogens is 1. The van der Waals surface area contributed by atoms with Gasteiger partial charge < -0.3 is 10.5 Å². The molecule has 0 bridgehead atoms. The minimum atomic E-state index is -0.332. The van der Waals surface area contributed by atoms with Crippen molar-refractivity contribution in [1.82, 2.24) is 0 Å². The van der Waals surface area contributed by atoms with Crippen molar-refractivity contribution in [3.8, 4) is 5.75 Å². The van der Waals surface area contributed by atoms with Crippen LogP contribution in [0.4, 0.5) is 4.39 Å². The molecule has 0 radical (unpaired) electrons. The van der Waals surface area contributed by atoms with E-state index < -0.39 is 0 Å². The molecule has 0 fully saturated rings. The molecule has 0 saturated heterocycles. The lowest BCUT2D eigenvalue weighted by atomic mass is 9.99. The molecule has 1 rings (SSSR count). The van der Waals surface area contributed by atoms with E-state index in [1.54, 1.807) is 0 Å². The summed E-state index contributed by atoms with van der Waals surface area (Å²) in [6, 6.07) is 4.45. The number of ether oxygens (including phenoxy) is 1. The minimum Gasteiger partial charge on any atom is -0.493 e. The van der Waals surface area contributed by atoms with Gasteiger partial charge in [0.05, 0.1) is 13.3 Å². The molecule has 2 nitrogen and oxygen atoms in total. The Bertz CT molecular complexity index is 356. The molecule has 0 spiro atoms. The average Bonchev–Trinajstić information content (AvgIpc) is 2.32. The highest BCUT2D eigenvalue weighted by molar-refractivity contribution is 5.43. The van der Waals surface area contributed by atoms with E-state index in [9.17, 15) is 4.39 Å². The molecule has 18 heavy (non-hydrogen) atoms. The van der Waals surface area contributed by atoms with Crippen LogP contribution in [0.5, 0.6) is 5.75 Å². The highest BCUT2D eigenvalue weighted by Gasteiger charge is 2.08. The van der Waals surface area contributed by atoms with Gasteiger partial charge in [-0.1, -0.05) is 19.1 Å². The Balaban J connectivity index is 2.77. The predicted octanol–water partition coefficient (Wildman–Crippen LogP) is 3.32. The van der Waals surface area contributed by atoms with Gasteiger partial charge in [-0.2, -0.15) is 0 Å². The zero-order valence-electron chi connectivity index (χ0n) is 11.6. The highest BCUT2D eigenvalue weighted by atomic mass is 19.1. The summed E-state index contributed by atoms with van der Waals surface area (Å²) in [6.45, 7) is 6.25. The van der Waals surface area contributed by atoms with Gasteiger partial charge in [0.1, 0.15) is 5.75 Å². The fraction of sp³-hybridized carbons (Fsp3) is 0.600. The lowest BCUT2D eigenvalue weighted by Gasteiger charge is -2.15. The number of aryl methyl sites for hydroxylation is 2. The molecule has 1 aromatic carbocycles. The summed E-state index contributed by atoms with van der Waals surface area (Å²) in [5.74, 6) is 0.886. The van der Waals surface area contributed by atoms with E-state index in [1.807, 2.05) is 13.8 Å². The van der Waals surface area contributed by atoms with Crippen LogP contribution in [0.25, 0.3) is 0 Å². The molecule has 0 amide bonds. The first kappa shape index (κ1) is 15.0. The minimum absolute atomic E-state index is 0.210. The van der Waals surface area contributed by atoms with Crippen molar-refractivity contribution in [3.63, 3.8) is 0 Å². The molecule has 1 unspecified atom stereocenters. The summed E-state index contributed by atoms with van der Waals surface area (Å²) < 4.78 is 17.7. The maximum absolute atomic E-state index is 12.0. The molecule has 0 aliphatic rings. The molecule has 0 saturated carbocycles. The molecular weight excluding hydrogens is 229 g/mol. The molecule has 0 heterocycles. The van der Waals surface area contributed by atoms with E-state index in [1.165, 1.54) is 5.56 Å². The van der Waals surface area contributed by atoms with Gasteiger partial charge in [-0.3, -0.25) is 4.39 Å². The predicted molar refractivity (Wildman–Crippen MR) is 74.0 cm³/mol. The number of rotatable bonds is 7. The Morgan fingerprint density at radius 3 is 2.39 bits per heavy atom. The summed E-state index contributed by atoms with van der Waals surface area (Å²) in [5.41, 5.74) is 9.42. The van der Waals surface area contributed by atoms with E-state index in [0.29, 0.717) is 13.0 Å². The topological polar surface area (TPSA) is 35.2 Å². The van der Waals surface area contributed by atoms with Crippen LogP contribution in [0.3, 0.4) is 0 Å². The van der Waals surface area contributed by atoms with Crippen LogP contribution in [0.2, 0.25) is 0 Å². The van der Waals surface area contributed by atoms with E-state index in [4.69, 9.17) is 10.5 Å². The molecule has 0 aliphatic carbocycles. The van der Waals surface area contributed by atoms with Crippen molar-refractivity contribution >= 4 is 0 Å². The third-order valence-electron chi connectivity index (χ3n) is 3.07. The van der Waals surface area contributed by atoms with Gasteiger partial charge in [-0.15, -0.1) is 0 Å². The molecule has 1 aromatic rings. The number of benzene rings is 1. The third kappa shape index (κ3) is 4.30. The summed E-state index contributed by atoms with van der Waals surface area (Å²) in [4.78, 5) is 0. The first-order chi connectivity index (χ1) is 8.58. The van der Waals surface area contributed by atoms with E-state index in [2.05, 4.69) is 19.1 Å². The van der Waals surface area contributed by atoms with Crippen LogP contribution in [-0.2, 0) is 6.42 Å². The van der Waals surface area contributed by atoms with Crippen LogP contribution in [0.15, 0.2) is 12.1 Å². The Labute approximate surface area is 109 Å². The molecule has 2 N–H and O–H groups in total. The Hall–Kier alpha value is -1.09. The Morgan fingerprint density at radius 2 is 1.89 bits per heavy atom. The molecule has 3 heteroatoms. The van der Waals surface area contributed by atoms with Crippen LogP contribution >= 0.6 is 0 Å². The summed E-state index contributed by atoms with van der Waals surface area (Å²) >= 11 is 0. The third-order valence-corrected chi connectivity index (χ3v) is 3.07. The van der Waals surface area contributed by atoms with Gasteiger partial charge in [0.25, 0.3) is 0 Å². The molecule has 1 atom stereocenters. The van der Waals surface area contributed by atoms with Crippen molar-refractivity contribution in [2.75, 3.05) is 13.3 Å². The van der Waals surface area contributed by atoms with Gasteiger partial charge in [0.2, 0.25) is 0 Å². The zero-order valence-corrected chi connectivity index (χ0v) is 11.6. The van der Waals surface area contributed by atoms with E-state index in [0.717, 1.165) is 29.7 Å². The van der Waals surface area contributed by atoms with Crippen LogP contribution < -0.4 is 10.5 Å². The second kappa shape index (κ2) is 7.37. The van der Waals surface area contributed by atoms with Crippen molar-refractivity contribution in [2.24, 2.45) is 5.73 Å². The lowest BCUT2D eigenvalue weighted by molar-refractivity contribution is 0.286. The first-order valence-electron chi connectivity index (χ1n) is 6.63. The quantitative estimate of drug-likeness (QED) is 0.757.